The van der Waals surface area contributed by atoms with Gasteiger partial charge in [0.25, 0.3) is 0 Å². The molecule has 3 aromatic carbocycles. The summed E-state index contributed by atoms with van der Waals surface area (Å²) < 4.78 is 189. The average Bonchev–Trinajstić information content (AvgIpc) is 0.870. The Labute approximate surface area is 509 Å². The molecule has 4 atom stereocenters. The van der Waals surface area contributed by atoms with Gasteiger partial charge in [-0.2, -0.15) is 52.7 Å². The number of benzene rings is 3. The van der Waals surface area contributed by atoms with Gasteiger partial charge in [0.15, 0.2) is 0 Å². The van der Waals surface area contributed by atoms with E-state index >= 15 is 0 Å². The van der Waals surface area contributed by atoms with Crippen LogP contribution in [-0.4, -0.2) is 100 Å². The number of carbonyl (C=O) groups excluding carboxylic acids is 2. The van der Waals surface area contributed by atoms with Crippen molar-refractivity contribution in [3.63, 3.8) is 0 Å². The van der Waals surface area contributed by atoms with Gasteiger partial charge in [-0.1, -0.05) is 55.4 Å². The van der Waals surface area contributed by atoms with Gasteiger partial charge in [0.2, 0.25) is 0 Å². The quantitative estimate of drug-likeness (QED) is 0.120. The van der Waals surface area contributed by atoms with E-state index in [0.29, 0.717) is 93.7 Å². The number of alkyl halides is 12. The number of anilines is 6. The summed E-state index contributed by atoms with van der Waals surface area (Å²) in [6.45, 7) is 19.6. The Morgan fingerprint density at radius 2 is 0.989 bits per heavy atom. The molecule has 2 saturated heterocycles. The van der Waals surface area contributed by atoms with Crippen LogP contribution in [0.3, 0.4) is 0 Å². The zero-order valence-electron chi connectivity index (χ0n) is 50.7. The number of nitrogens with zero attached hydrogens (tertiary/aromatic N) is 7. The van der Waals surface area contributed by atoms with Crippen LogP contribution in [0, 0.1) is 10.8 Å². The molecule has 0 unspecified atom stereocenters. The molecule has 0 saturated carbocycles. The first-order chi connectivity index (χ1) is 41.6. The summed E-state index contributed by atoms with van der Waals surface area (Å²) in [4.78, 5) is 44.1. The van der Waals surface area contributed by atoms with E-state index in [2.05, 4.69) is 20.2 Å². The lowest BCUT2D eigenvalue weighted by atomic mass is 9.87. The third-order valence-corrected chi connectivity index (χ3v) is 15.5. The molecule has 2 aromatic heterocycles. The van der Waals surface area contributed by atoms with Crippen LogP contribution in [0.15, 0.2) is 91.3 Å². The van der Waals surface area contributed by atoms with Gasteiger partial charge in [-0.15, -0.1) is 0 Å². The van der Waals surface area contributed by atoms with Crippen molar-refractivity contribution in [3.8, 4) is 0 Å². The molecule has 14 nitrogen and oxygen atoms in total. The minimum atomic E-state index is -5.13. The first kappa shape index (κ1) is 67.7. The second-order valence-electron chi connectivity index (χ2n) is 24.8. The molecule has 1 N–H and O–H groups in total. The number of rotatable bonds is 12. The van der Waals surface area contributed by atoms with Crippen LogP contribution >= 0.6 is 0 Å². The molecule has 4 aliphatic rings. The first-order valence-corrected chi connectivity index (χ1v) is 29.3. The molecule has 0 bridgehead atoms. The van der Waals surface area contributed by atoms with Gasteiger partial charge in [-0.3, -0.25) is 9.80 Å². The Balaban J connectivity index is 0.000000243. The van der Waals surface area contributed by atoms with Crippen LogP contribution in [0.5, 0.6) is 0 Å². The number of nitrogens with one attached hydrogen (secondary N) is 1. The largest absolute Gasteiger partial charge is 0.449 e. The molecule has 0 radical (unpaired) electrons. The maximum atomic E-state index is 14.2. The Kier molecular flexibility index (Phi) is 20.6. The van der Waals surface area contributed by atoms with Crippen LogP contribution in [0.1, 0.15) is 132 Å². The van der Waals surface area contributed by atoms with Crippen LogP contribution < -0.4 is 29.8 Å². The number of aromatic nitrogens is 2. The number of amides is 2. The van der Waals surface area contributed by atoms with Gasteiger partial charge in [0.1, 0.15) is 11.6 Å². The Bertz CT molecular complexity index is 3180. The van der Waals surface area contributed by atoms with Gasteiger partial charge >= 0.3 is 36.9 Å². The molecule has 6 heterocycles. The van der Waals surface area contributed by atoms with Crippen molar-refractivity contribution in [1.29, 1.82) is 0 Å². The lowest BCUT2D eigenvalue weighted by Crippen LogP contribution is -2.48. The summed E-state index contributed by atoms with van der Waals surface area (Å²) >= 11 is 0. The Hall–Kier alpha value is -7.22. The van der Waals surface area contributed by atoms with E-state index in [1.165, 1.54) is 33.0 Å². The van der Waals surface area contributed by atoms with E-state index in [9.17, 15) is 62.3 Å². The Morgan fingerprint density at radius 1 is 0.551 bits per heavy atom. The lowest BCUT2D eigenvalue weighted by Gasteiger charge is -2.45. The van der Waals surface area contributed by atoms with E-state index in [0.717, 1.165) is 49.1 Å². The highest BCUT2D eigenvalue weighted by Crippen LogP contribution is 2.48. The molecule has 89 heavy (non-hydrogen) atoms. The highest BCUT2D eigenvalue weighted by atomic mass is 19.4. The van der Waals surface area contributed by atoms with E-state index in [1.807, 2.05) is 65.5 Å². The van der Waals surface area contributed by atoms with Crippen LogP contribution in [0.25, 0.3) is 0 Å². The number of halogens is 12. The minimum Gasteiger partial charge on any atom is -0.449 e. The van der Waals surface area contributed by atoms with Gasteiger partial charge in [0, 0.05) is 44.8 Å². The zero-order chi connectivity index (χ0) is 65.0. The van der Waals surface area contributed by atoms with Gasteiger partial charge in [0.05, 0.1) is 109 Å². The molecule has 2 fully saturated rings. The van der Waals surface area contributed by atoms with Crippen molar-refractivity contribution in [2.45, 2.75) is 136 Å². The SMILES string of the molecule is CC[C@@H]1C[C@H](N(Cc2cc(C(F)(F)F)cc(C(F)(F)F)c2)c2ccc(N3CCOCC3)cn2)c2cc(C(F)(F)F)ccc2N1C(=O)OCC(C)(C)C.CC[C@@H]1C[C@H](Nc2ccc(N3CCOCC3)cn2)c2cc(C(F)(F)F)ccc2N1C(=O)OCC(C)(C)C. The van der Waals surface area contributed by atoms with E-state index in [-0.39, 0.29) is 54.2 Å². The molecule has 0 spiro atoms. The summed E-state index contributed by atoms with van der Waals surface area (Å²) in [6, 6.07) is 12.1. The van der Waals surface area contributed by atoms with Gasteiger partial charge < -0.3 is 39.0 Å². The molecule has 26 heteroatoms. The third kappa shape index (κ3) is 17.2. The maximum absolute atomic E-state index is 14.2. The van der Waals surface area contributed by atoms with Crippen LogP contribution in [0.2, 0.25) is 0 Å². The summed E-state index contributed by atoms with van der Waals surface area (Å²) in [7, 11) is 0. The lowest BCUT2D eigenvalue weighted by molar-refractivity contribution is -0.143. The number of pyridine rings is 2. The molecule has 5 aromatic rings. The second-order valence-corrected chi connectivity index (χ2v) is 24.8. The monoisotopic (exact) mass is 1270 g/mol. The van der Waals surface area contributed by atoms with Gasteiger partial charge in [-0.25, -0.2) is 19.6 Å². The molecular weight excluding hydrogens is 1190 g/mol. The molecule has 4 aliphatic heterocycles. The number of ether oxygens (including phenoxy) is 4. The highest BCUT2D eigenvalue weighted by Gasteiger charge is 2.44. The smallest absolute Gasteiger partial charge is 0.416 e. The molecule has 2 amide bonds. The van der Waals surface area contributed by atoms with Crippen LogP contribution in [0.4, 0.5) is 96.7 Å². The van der Waals surface area contributed by atoms with Crippen molar-refractivity contribution in [1.82, 2.24) is 9.97 Å². The van der Waals surface area contributed by atoms with E-state index in [1.54, 1.807) is 19.2 Å². The van der Waals surface area contributed by atoms with Crippen LogP contribution in [-0.2, 0) is 50.2 Å². The standard InChI is InChI=1S/C36H39F9N4O3.C27H35F3N4O3/c1-5-26-18-30(28-17-23(34(37,38)39)6-8-29(28)49(26)32(50)52-21-33(2,3)4)48(31-9-7-27(19-46-31)47-10-12-51-13-11-47)20-22-14-24(35(40,41)42)16-25(15-22)36(43,44)45;1-5-19-15-22(32-24-9-7-20(16-31-24)33-10-12-36-13-11-33)21-14-18(27(28,29)30)6-8-23(21)34(19)25(35)37-17-26(2,3)4/h6-9,14-17,19,26,30H,5,10-13,18,20-21H2,1-4H3;6-9,14,16,19,22H,5,10-13,15,17H2,1-4H3,(H,31,32)/t26-,30+;19-,22+/m11/s1. The van der Waals surface area contributed by atoms with E-state index in [4.69, 9.17) is 18.9 Å². The number of morpholine rings is 2. The fraction of sp³-hybridized carbons (Fsp3) is 0.524. The fourth-order valence-corrected chi connectivity index (χ4v) is 11.0. The van der Waals surface area contributed by atoms with Crippen molar-refractivity contribution >= 4 is 46.6 Å². The Morgan fingerprint density at radius 3 is 1.40 bits per heavy atom. The number of fused-ring (bicyclic) bond motifs is 2. The topological polar surface area (TPSA) is 125 Å². The molecule has 9 rings (SSSR count). The van der Waals surface area contributed by atoms with Crippen molar-refractivity contribution in [3.05, 3.63) is 130 Å². The zero-order valence-corrected chi connectivity index (χ0v) is 50.7. The van der Waals surface area contributed by atoms with Gasteiger partial charge in [-0.05, 0) is 132 Å². The number of hydrogen-bond acceptors (Lipinski definition) is 12. The van der Waals surface area contributed by atoms with Crippen molar-refractivity contribution < 1.29 is 81.2 Å². The number of carbonyl (C=O) groups is 2. The van der Waals surface area contributed by atoms with E-state index < -0.39 is 94.8 Å². The fourth-order valence-electron chi connectivity index (χ4n) is 11.0. The minimum absolute atomic E-state index is 0.000779. The predicted molar refractivity (Wildman–Crippen MR) is 313 cm³/mol. The normalized spacial score (nSPS) is 19.4. The molecular formula is C63H74F12N8O6. The van der Waals surface area contributed by atoms with Crippen molar-refractivity contribution in [2.24, 2.45) is 10.8 Å². The number of hydrogen-bond donors (Lipinski definition) is 1. The summed E-state index contributed by atoms with van der Waals surface area (Å²) in [6.07, 6.45) is -16.4. The summed E-state index contributed by atoms with van der Waals surface area (Å²) in [5, 5.41) is 3.33. The van der Waals surface area contributed by atoms with Crippen molar-refractivity contribution in [2.75, 3.05) is 95.6 Å². The molecule has 486 valence electrons. The second kappa shape index (κ2) is 27.1. The predicted octanol–water partition coefficient (Wildman–Crippen LogP) is 16.2. The maximum Gasteiger partial charge on any atom is 0.416 e. The third-order valence-electron chi connectivity index (χ3n) is 15.5. The molecule has 0 aliphatic carbocycles. The first-order valence-electron chi connectivity index (χ1n) is 29.3. The average molecular weight is 1270 g/mol. The highest BCUT2D eigenvalue weighted by molar-refractivity contribution is 5.91. The summed E-state index contributed by atoms with van der Waals surface area (Å²) in [5.41, 5.74) is -3.42. The summed E-state index contributed by atoms with van der Waals surface area (Å²) in [5.74, 6) is 0.652.